The zero-order chi connectivity index (χ0) is 21.3. The van der Waals surface area contributed by atoms with Crippen molar-refractivity contribution in [1.29, 1.82) is 0 Å². The van der Waals surface area contributed by atoms with Gasteiger partial charge in [-0.05, 0) is 36.6 Å². The van der Waals surface area contributed by atoms with Crippen LogP contribution >= 0.6 is 11.3 Å². The minimum atomic E-state index is -4.43. The number of halogens is 3. The second kappa shape index (κ2) is 8.23. The number of rotatable bonds is 4. The lowest BCUT2D eigenvalue weighted by molar-refractivity contribution is -0.137. The third-order valence-electron chi connectivity index (χ3n) is 5.28. The SMILES string of the molecule is Cc1c(C(=O)N2CCN(Cc3cccs3)CC2)cnn1-c1cccc(C(F)(F)F)c1. The normalized spacial score (nSPS) is 15.5. The van der Waals surface area contributed by atoms with Crippen LogP contribution in [0.3, 0.4) is 0 Å². The number of carbonyl (C=O) groups excluding carboxylic acids is 1. The smallest absolute Gasteiger partial charge is 0.336 e. The zero-order valence-electron chi connectivity index (χ0n) is 16.4. The summed E-state index contributed by atoms with van der Waals surface area (Å²) in [6, 6.07) is 9.08. The highest BCUT2D eigenvalue weighted by atomic mass is 32.1. The predicted molar refractivity (Wildman–Crippen MR) is 109 cm³/mol. The average molecular weight is 434 g/mol. The molecule has 1 aliphatic rings. The Morgan fingerprint density at radius 3 is 2.57 bits per heavy atom. The van der Waals surface area contributed by atoms with Gasteiger partial charge in [-0.15, -0.1) is 11.3 Å². The van der Waals surface area contributed by atoms with Gasteiger partial charge in [0.15, 0.2) is 0 Å². The number of piperazine rings is 1. The van der Waals surface area contributed by atoms with E-state index in [1.807, 2.05) is 6.07 Å². The van der Waals surface area contributed by atoms with Crippen LogP contribution in [0.4, 0.5) is 13.2 Å². The molecule has 30 heavy (non-hydrogen) atoms. The first kappa shape index (κ1) is 20.6. The van der Waals surface area contributed by atoms with Gasteiger partial charge in [-0.2, -0.15) is 18.3 Å². The second-order valence-corrected chi connectivity index (χ2v) is 8.28. The van der Waals surface area contributed by atoms with Crippen molar-refractivity contribution in [2.75, 3.05) is 26.2 Å². The van der Waals surface area contributed by atoms with Gasteiger partial charge in [0.05, 0.1) is 28.7 Å². The molecule has 1 aromatic carbocycles. The summed E-state index contributed by atoms with van der Waals surface area (Å²) < 4.78 is 40.4. The van der Waals surface area contributed by atoms with E-state index in [1.54, 1.807) is 29.2 Å². The third-order valence-corrected chi connectivity index (χ3v) is 6.14. The van der Waals surface area contributed by atoms with Crippen molar-refractivity contribution in [3.8, 4) is 5.69 Å². The fourth-order valence-electron chi connectivity index (χ4n) is 3.60. The van der Waals surface area contributed by atoms with Crippen LogP contribution in [0.2, 0.25) is 0 Å². The number of hydrogen-bond donors (Lipinski definition) is 0. The number of thiophene rings is 1. The summed E-state index contributed by atoms with van der Waals surface area (Å²) in [5.74, 6) is -0.138. The molecule has 0 aliphatic carbocycles. The Labute approximate surface area is 176 Å². The molecule has 0 saturated carbocycles. The molecule has 158 valence electrons. The summed E-state index contributed by atoms with van der Waals surface area (Å²) in [7, 11) is 0. The number of alkyl halides is 3. The number of nitrogens with zero attached hydrogens (tertiary/aromatic N) is 4. The third kappa shape index (κ3) is 4.27. The van der Waals surface area contributed by atoms with Crippen molar-refractivity contribution in [2.45, 2.75) is 19.6 Å². The lowest BCUT2D eigenvalue weighted by Gasteiger charge is -2.34. The summed E-state index contributed by atoms with van der Waals surface area (Å²) in [5, 5.41) is 6.24. The van der Waals surface area contributed by atoms with Gasteiger partial charge in [0.1, 0.15) is 0 Å². The van der Waals surface area contributed by atoms with Crippen LogP contribution in [-0.4, -0.2) is 51.7 Å². The van der Waals surface area contributed by atoms with E-state index in [1.165, 1.54) is 21.8 Å². The summed E-state index contributed by atoms with van der Waals surface area (Å²) in [6.07, 6.45) is -2.99. The van der Waals surface area contributed by atoms with Gasteiger partial charge in [0, 0.05) is 37.6 Å². The molecule has 1 aliphatic heterocycles. The van der Waals surface area contributed by atoms with E-state index >= 15 is 0 Å². The van der Waals surface area contributed by atoms with E-state index < -0.39 is 11.7 Å². The maximum absolute atomic E-state index is 13.0. The Hall–Kier alpha value is -2.65. The van der Waals surface area contributed by atoms with Gasteiger partial charge in [-0.1, -0.05) is 12.1 Å². The van der Waals surface area contributed by atoms with Crippen molar-refractivity contribution in [1.82, 2.24) is 19.6 Å². The molecule has 3 aromatic rings. The molecule has 0 atom stereocenters. The van der Waals surface area contributed by atoms with Crippen molar-refractivity contribution in [3.63, 3.8) is 0 Å². The van der Waals surface area contributed by atoms with Gasteiger partial charge in [-0.3, -0.25) is 9.69 Å². The second-order valence-electron chi connectivity index (χ2n) is 7.25. The van der Waals surface area contributed by atoms with Gasteiger partial charge in [-0.25, -0.2) is 4.68 Å². The largest absolute Gasteiger partial charge is 0.416 e. The quantitative estimate of drug-likeness (QED) is 0.618. The van der Waals surface area contributed by atoms with Gasteiger partial charge in [0.25, 0.3) is 5.91 Å². The van der Waals surface area contributed by atoms with Crippen LogP contribution in [0.15, 0.2) is 48.0 Å². The Balaban J connectivity index is 1.46. The Bertz CT molecular complexity index is 1020. The molecule has 3 heterocycles. The Morgan fingerprint density at radius 2 is 1.90 bits per heavy atom. The maximum atomic E-state index is 13.0. The van der Waals surface area contributed by atoms with Crippen LogP contribution in [-0.2, 0) is 12.7 Å². The van der Waals surface area contributed by atoms with Gasteiger partial charge < -0.3 is 4.90 Å². The van der Waals surface area contributed by atoms with Crippen LogP contribution in [0.5, 0.6) is 0 Å². The van der Waals surface area contributed by atoms with Crippen molar-refractivity contribution < 1.29 is 18.0 Å². The number of amides is 1. The fraction of sp³-hybridized carbons (Fsp3) is 0.333. The highest BCUT2D eigenvalue weighted by molar-refractivity contribution is 7.09. The van der Waals surface area contributed by atoms with E-state index in [2.05, 4.69) is 21.4 Å². The fourth-order valence-corrected chi connectivity index (χ4v) is 4.34. The van der Waals surface area contributed by atoms with E-state index in [-0.39, 0.29) is 11.6 Å². The zero-order valence-corrected chi connectivity index (χ0v) is 17.2. The average Bonchev–Trinajstić information content (AvgIpc) is 3.37. The van der Waals surface area contributed by atoms with E-state index in [9.17, 15) is 18.0 Å². The molecule has 9 heteroatoms. The number of benzene rings is 1. The molecule has 0 bridgehead atoms. The molecule has 4 rings (SSSR count). The molecule has 5 nitrogen and oxygen atoms in total. The molecule has 1 amide bonds. The highest BCUT2D eigenvalue weighted by Crippen LogP contribution is 2.30. The lowest BCUT2D eigenvalue weighted by atomic mass is 10.1. The minimum absolute atomic E-state index is 0.138. The molecular formula is C21H21F3N4OS. The molecule has 1 saturated heterocycles. The van der Waals surface area contributed by atoms with Crippen LogP contribution in [0.25, 0.3) is 5.69 Å². The minimum Gasteiger partial charge on any atom is -0.336 e. The summed E-state index contributed by atoms with van der Waals surface area (Å²) in [4.78, 5) is 18.4. The van der Waals surface area contributed by atoms with Crippen LogP contribution in [0, 0.1) is 6.92 Å². The molecule has 0 unspecified atom stereocenters. The Morgan fingerprint density at radius 1 is 1.13 bits per heavy atom. The molecular weight excluding hydrogens is 413 g/mol. The summed E-state index contributed by atoms with van der Waals surface area (Å²) in [5.41, 5.74) is 0.478. The molecule has 0 N–H and O–H groups in total. The van der Waals surface area contributed by atoms with Gasteiger partial charge >= 0.3 is 6.18 Å². The molecule has 2 aromatic heterocycles. The lowest BCUT2D eigenvalue weighted by Crippen LogP contribution is -2.48. The first-order valence-corrected chi connectivity index (χ1v) is 10.5. The summed E-state index contributed by atoms with van der Waals surface area (Å²) in [6.45, 7) is 5.37. The predicted octanol–water partition coefficient (Wildman–Crippen LogP) is 4.22. The number of aromatic nitrogens is 2. The summed E-state index contributed by atoms with van der Waals surface area (Å²) >= 11 is 1.72. The maximum Gasteiger partial charge on any atom is 0.416 e. The molecule has 1 fully saturated rings. The molecule has 0 spiro atoms. The van der Waals surface area contributed by atoms with E-state index in [0.29, 0.717) is 24.3 Å². The molecule has 0 radical (unpaired) electrons. The number of carbonyl (C=O) groups is 1. The topological polar surface area (TPSA) is 41.4 Å². The van der Waals surface area contributed by atoms with Crippen molar-refractivity contribution in [3.05, 3.63) is 69.7 Å². The Kier molecular flexibility index (Phi) is 5.66. The van der Waals surface area contributed by atoms with Crippen molar-refractivity contribution >= 4 is 17.2 Å². The van der Waals surface area contributed by atoms with E-state index in [4.69, 9.17) is 0 Å². The van der Waals surface area contributed by atoms with Crippen LogP contribution in [0.1, 0.15) is 26.5 Å². The van der Waals surface area contributed by atoms with Crippen LogP contribution < -0.4 is 0 Å². The first-order valence-electron chi connectivity index (χ1n) is 9.59. The van der Waals surface area contributed by atoms with Gasteiger partial charge in [0.2, 0.25) is 0 Å². The standard InChI is InChI=1S/C21H21F3N4OS/c1-15-19(13-25-28(15)17-5-2-4-16(12-17)21(22,23)24)20(29)27-9-7-26(8-10-27)14-18-6-3-11-30-18/h2-6,11-13H,7-10,14H2,1H3. The van der Waals surface area contributed by atoms with Crippen molar-refractivity contribution in [2.24, 2.45) is 0 Å². The number of hydrogen-bond acceptors (Lipinski definition) is 4. The first-order chi connectivity index (χ1) is 14.3. The van der Waals surface area contributed by atoms with E-state index in [0.717, 1.165) is 31.8 Å². The highest BCUT2D eigenvalue weighted by Gasteiger charge is 2.31. The monoisotopic (exact) mass is 434 g/mol.